The standard InChI is InChI=1S/C40H34N4O6/c45-35(41-24-4-7-26-5-2-1-3-6-26)22-12-27-8-14-30(15-9-27)37-38(31-20-18-29(19-21-31)33-25-34(40(48)49)50-44-33)43-39(42-37)32-16-10-28(11-17-32)13-23-36(46)47/h1-3,5-6,8-23,25,34,44H,4,7,24H2,(H,41,45)(H,42,43)(H,46,47)(H,48,49). The number of carbonyl (C=O) groups excluding carboxylic acids is 1. The molecule has 1 unspecified atom stereocenters. The summed E-state index contributed by atoms with van der Waals surface area (Å²) in [6, 6.07) is 32.9. The average Bonchev–Trinajstić information content (AvgIpc) is 3.82. The number of nitrogens with zero attached hydrogens (tertiary/aromatic N) is 1. The van der Waals surface area contributed by atoms with Crippen molar-refractivity contribution in [2.75, 3.05) is 6.54 Å². The molecule has 1 atom stereocenters. The van der Waals surface area contributed by atoms with E-state index in [-0.39, 0.29) is 5.91 Å². The monoisotopic (exact) mass is 666 g/mol. The summed E-state index contributed by atoms with van der Waals surface area (Å²) in [4.78, 5) is 48.2. The van der Waals surface area contributed by atoms with Crippen LogP contribution in [0.15, 0.2) is 121 Å². The van der Waals surface area contributed by atoms with Crippen LogP contribution >= 0.6 is 0 Å². The number of amides is 1. The van der Waals surface area contributed by atoms with Gasteiger partial charge in [0.05, 0.1) is 17.1 Å². The van der Waals surface area contributed by atoms with Gasteiger partial charge in [0.1, 0.15) is 5.82 Å². The summed E-state index contributed by atoms with van der Waals surface area (Å²) in [6.07, 6.45) is 8.13. The molecule has 1 aliphatic heterocycles. The summed E-state index contributed by atoms with van der Waals surface area (Å²) >= 11 is 0. The largest absolute Gasteiger partial charge is 0.479 e. The predicted octanol–water partition coefficient (Wildman–Crippen LogP) is 6.60. The highest BCUT2D eigenvalue weighted by Crippen LogP contribution is 2.34. The van der Waals surface area contributed by atoms with Crippen molar-refractivity contribution in [2.45, 2.75) is 18.9 Å². The molecule has 0 radical (unpaired) electrons. The van der Waals surface area contributed by atoms with E-state index < -0.39 is 18.0 Å². The van der Waals surface area contributed by atoms with Crippen LogP contribution < -0.4 is 10.8 Å². The Bertz CT molecular complexity index is 2060. The molecule has 1 amide bonds. The lowest BCUT2D eigenvalue weighted by Crippen LogP contribution is -2.22. The molecule has 0 saturated carbocycles. The number of hydrogen-bond donors (Lipinski definition) is 5. The molecule has 10 heteroatoms. The van der Waals surface area contributed by atoms with Crippen molar-refractivity contribution in [3.63, 3.8) is 0 Å². The molecule has 0 saturated heterocycles. The molecule has 5 N–H and O–H groups in total. The van der Waals surface area contributed by atoms with E-state index in [1.54, 1.807) is 6.08 Å². The number of imidazole rings is 1. The van der Waals surface area contributed by atoms with E-state index in [9.17, 15) is 19.5 Å². The van der Waals surface area contributed by atoms with Crippen molar-refractivity contribution in [2.24, 2.45) is 0 Å². The lowest BCUT2D eigenvalue weighted by atomic mass is 10.0. The number of aliphatic carboxylic acids is 2. The van der Waals surface area contributed by atoms with Crippen LogP contribution in [0.25, 0.3) is 51.8 Å². The third-order valence-corrected chi connectivity index (χ3v) is 8.04. The van der Waals surface area contributed by atoms with Crippen LogP contribution in [0.4, 0.5) is 0 Å². The van der Waals surface area contributed by atoms with E-state index in [0.717, 1.165) is 58.0 Å². The first-order chi connectivity index (χ1) is 24.3. The maximum atomic E-state index is 12.4. The van der Waals surface area contributed by atoms with Crippen molar-refractivity contribution < 1.29 is 29.4 Å². The van der Waals surface area contributed by atoms with Gasteiger partial charge in [0, 0.05) is 35.4 Å². The Kier molecular flexibility index (Phi) is 10.4. The fraction of sp³-hybridized carbons (Fsp3) is 0.100. The Morgan fingerprint density at radius 1 is 0.760 bits per heavy atom. The fourth-order valence-electron chi connectivity index (χ4n) is 5.42. The molecule has 6 rings (SSSR count). The fourth-order valence-corrected chi connectivity index (χ4v) is 5.42. The van der Waals surface area contributed by atoms with E-state index >= 15 is 0 Å². The first kappa shape index (κ1) is 33.4. The highest BCUT2D eigenvalue weighted by Gasteiger charge is 2.24. The molecule has 4 aromatic carbocycles. The first-order valence-electron chi connectivity index (χ1n) is 16.0. The van der Waals surface area contributed by atoms with Gasteiger partial charge >= 0.3 is 11.9 Å². The lowest BCUT2D eigenvalue weighted by Gasteiger charge is -2.07. The average molecular weight is 667 g/mol. The van der Waals surface area contributed by atoms with E-state index in [1.807, 2.05) is 91.0 Å². The molecule has 250 valence electrons. The quantitative estimate of drug-likeness (QED) is 0.0696. The molecule has 50 heavy (non-hydrogen) atoms. The number of carboxylic acids is 2. The zero-order valence-corrected chi connectivity index (χ0v) is 26.9. The lowest BCUT2D eigenvalue weighted by molar-refractivity contribution is -0.148. The molecule has 1 aliphatic rings. The molecule has 10 nitrogen and oxygen atoms in total. The van der Waals surface area contributed by atoms with Crippen LogP contribution in [0.2, 0.25) is 0 Å². The Morgan fingerprint density at radius 3 is 2.02 bits per heavy atom. The number of hydrogen-bond acceptors (Lipinski definition) is 6. The van der Waals surface area contributed by atoms with Crippen LogP contribution in [-0.4, -0.2) is 50.7 Å². The van der Waals surface area contributed by atoms with Crippen LogP contribution in [0, 0.1) is 0 Å². The second kappa shape index (κ2) is 15.6. The number of benzene rings is 4. The van der Waals surface area contributed by atoms with Crippen molar-refractivity contribution in [1.29, 1.82) is 0 Å². The van der Waals surface area contributed by atoms with Gasteiger partial charge in [0.25, 0.3) is 0 Å². The Labute approximate surface area is 288 Å². The number of carbonyl (C=O) groups is 3. The summed E-state index contributed by atoms with van der Waals surface area (Å²) in [5, 5.41) is 21.1. The normalized spacial score (nSPS) is 14.1. The highest BCUT2D eigenvalue weighted by atomic mass is 16.7. The molecule has 0 spiro atoms. The number of aromatic amines is 1. The third-order valence-electron chi connectivity index (χ3n) is 8.04. The molecular formula is C40H34N4O6. The third kappa shape index (κ3) is 8.49. The molecule has 2 heterocycles. The first-order valence-corrected chi connectivity index (χ1v) is 16.0. The van der Waals surface area contributed by atoms with Gasteiger partial charge in [-0.05, 0) is 53.3 Å². The summed E-state index contributed by atoms with van der Waals surface area (Å²) in [5.41, 5.74) is 10.9. The summed E-state index contributed by atoms with van der Waals surface area (Å²) in [5.74, 6) is -1.63. The zero-order valence-electron chi connectivity index (χ0n) is 26.9. The number of hydroxylamine groups is 1. The van der Waals surface area contributed by atoms with Crippen LogP contribution in [0.3, 0.4) is 0 Å². The van der Waals surface area contributed by atoms with Gasteiger partial charge in [-0.2, -0.15) is 0 Å². The Balaban J connectivity index is 1.21. The highest BCUT2D eigenvalue weighted by molar-refractivity contribution is 5.92. The van der Waals surface area contributed by atoms with Crippen LogP contribution in [0.1, 0.15) is 28.7 Å². The summed E-state index contributed by atoms with van der Waals surface area (Å²) < 4.78 is 0. The number of aromatic nitrogens is 2. The van der Waals surface area contributed by atoms with Crippen molar-refractivity contribution >= 4 is 35.7 Å². The molecule has 5 aromatic rings. The number of aryl methyl sites for hydroxylation is 1. The summed E-state index contributed by atoms with van der Waals surface area (Å²) in [6.45, 7) is 0.593. The maximum absolute atomic E-state index is 12.4. The zero-order chi connectivity index (χ0) is 34.9. The van der Waals surface area contributed by atoms with Gasteiger partial charge in [-0.15, -0.1) is 0 Å². The van der Waals surface area contributed by atoms with Crippen molar-refractivity contribution in [3.05, 3.63) is 144 Å². The van der Waals surface area contributed by atoms with E-state index in [1.165, 1.54) is 23.8 Å². The minimum absolute atomic E-state index is 0.149. The van der Waals surface area contributed by atoms with Crippen LogP contribution in [-0.2, 0) is 25.6 Å². The van der Waals surface area contributed by atoms with Gasteiger partial charge in [0.2, 0.25) is 12.0 Å². The minimum Gasteiger partial charge on any atom is -0.479 e. The number of rotatable bonds is 13. The van der Waals surface area contributed by atoms with Crippen LogP contribution in [0.5, 0.6) is 0 Å². The number of nitrogens with one attached hydrogen (secondary N) is 3. The smallest absolute Gasteiger partial charge is 0.339 e. The maximum Gasteiger partial charge on any atom is 0.339 e. The van der Waals surface area contributed by atoms with Gasteiger partial charge in [0.15, 0.2) is 0 Å². The second-order valence-electron chi connectivity index (χ2n) is 11.6. The summed E-state index contributed by atoms with van der Waals surface area (Å²) in [7, 11) is 0. The molecule has 0 fully saturated rings. The van der Waals surface area contributed by atoms with Crippen molar-refractivity contribution in [3.8, 4) is 33.9 Å². The topological polar surface area (TPSA) is 154 Å². The minimum atomic E-state index is -1.08. The van der Waals surface area contributed by atoms with Gasteiger partial charge in [-0.1, -0.05) is 103 Å². The molecular weight excluding hydrogens is 632 g/mol. The molecule has 0 bridgehead atoms. The Hall–Kier alpha value is -6.52. The van der Waals surface area contributed by atoms with E-state index in [2.05, 4.69) is 27.9 Å². The number of H-pyrrole nitrogens is 1. The molecule has 1 aromatic heterocycles. The predicted molar refractivity (Wildman–Crippen MR) is 192 cm³/mol. The number of carboxylic acid groups (broad SMARTS) is 2. The van der Waals surface area contributed by atoms with Gasteiger partial charge in [-0.3, -0.25) is 15.1 Å². The van der Waals surface area contributed by atoms with E-state index in [0.29, 0.717) is 23.8 Å². The second-order valence-corrected chi connectivity index (χ2v) is 11.6. The molecule has 0 aliphatic carbocycles. The van der Waals surface area contributed by atoms with E-state index in [4.69, 9.17) is 14.9 Å². The Morgan fingerprint density at radius 2 is 1.38 bits per heavy atom. The van der Waals surface area contributed by atoms with Gasteiger partial charge < -0.3 is 20.5 Å². The van der Waals surface area contributed by atoms with Crippen molar-refractivity contribution in [1.82, 2.24) is 20.8 Å². The van der Waals surface area contributed by atoms with Gasteiger partial charge in [-0.25, -0.2) is 14.6 Å². The SMILES string of the molecule is O=C(O)C=Cc1ccc(-c2nc(-c3ccc(C4=CC(C(=O)O)ON4)cc3)c(-c3ccc(C=CC(=O)NCCCc4ccccc4)cc3)[nH]2)cc1.